The first kappa shape index (κ1) is 14.4. The second kappa shape index (κ2) is 5.96. The zero-order chi connectivity index (χ0) is 14.7. The first-order valence-corrected chi connectivity index (χ1v) is 6.07. The number of hydrogen-bond acceptors (Lipinski definition) is 2. The lowest BCUT2D eigenvalue weighted by Gasteiger charge is -2.15. The lowest BCUT2D eigenvalue weighted by Crippen LogP contribution is -2.21. The van der Waals surface area contributed by atoms with Crippen molar-refractivity contribution in [3.05, 3.63) is 65.0 Å². The fourth-order valence-corrected chi connectivity index (χ4v) is 1.80. The van der Waals surface area contributed by atoms with Gasteiger partial charge in [-0.25, -0.2) is 13.2 Å². The van der Waals surface area contributed by atoms with Gasteiger partial charge in [-0.1, -0.05) is 18.2 Å². The predicted molar refractivity (Wildman–Crippen MR) is 69.9 cm³/mol. The lowest BCUT2D eigenvalue weighted by molar-refractivity contribution is 0.274. The molecule has 0 spiro atoms. The van der Waals surface area contributed by atoms with E-state index in [0.29, 0.717) is 0 Å². The maximum absolute atomic E-state index is 13.5. The predicted octanol–water partition coefficient (Wildman–Crippen LogP) is 3.49. The molecule has 0 aliphatic carbocycles. The van der Waals surface area contributed by atoms with E-state index in [4.69, 9.17) is 10.5 Å². The van der Waals surface area contributed by atoms with Crippen LogP contribution in [0, 0.1) is 24.4 Å². The molecule has 0 bridgehead atoms. The molecule has 0 aliphatic rings. The molecule has 0 aliphatic heterocycles. The molecule has 0 heterocycles. The molecule has 20 heavy (non-hydrogen) atoms. The Morgan fingerprint density at radius 3 is 2.60 bits per heavy atom. The molecule has 1 unspecified atom stereocenters. The van der Waals surface area contributed by atoms with E-state index >= 15 is 0 Å². The van der Waals surface area contributed by atoms with Crippen molar-refractivity contribution in [1.82, 2.24) is 0 Å². The van der Waals surface area contributed by atoms with E-state index in [1.54, 1.807) is 13.0 Å². The summed E-state index contributed by atoms with van der Waals surface area (Å²) in [5.74, 6) is -2.47. The first-order valence-electron chi connectivity index (χ1n) is 6.07. The van der Waals surface area contributed by atoms with Crippen LogP contribution in [0.3, 0.4) is 0 Å². The number of aryl methyl sites for hydroxylation is 1. The van der Waals surface area contributed by atoms with Gasteiger partial charge in [-0.05, 0) is 30.7 Å². The van der Waals surface area contributed by atoms with Crippen LogP contribution < -0.4 is 10.5 Å². The highest BCUT2D eigenvalue weighted by molar-refractivity contribution is 5.30. The third-order valence-electron chi connectivity index (χ3n) is 2.89. The zero-order valence-electron chi connectivity index (χ0n) is 10.9. The van der Waals surface area contributed by atoms with Crippen LogP contribution in [0.5, 0.6) is 5.75 Å². The molecule has 2 rings (SSSR count). The van der Waals surface area contributed by atoms with Crippen LogP contribution >= 0.6 is 0 Å². The van der Waals surface area contributed by atoms with Crippen molar-refractivity contribution in [2.45, 2.75) is 13.0 Å². The quantitative estimate of drug-likeness (QED) is 0.931. The van der Waals surface area contributed by atoms with Crippen molar-refractivity contribution in [2.75, 3.05) is 6.61 Å². The van der Waals surface area contributed by atoms with Gasteiger partial charge in [-0.15, -0.1) is 0 Å². The molecule has 0 radical (unpaired) electrons. The molecular weight excluding hydrogens is 267 g/mol. The van der Waals surface area contributed by atoms with E-state index in [1.807, 2.05) is 0 Å². The lowest BCUT2D eigenvalue weighted by atomic mass is 10.1. The summed E-state index contributed by atoms with van der Waals surface area (Å²) in [4.78, 5) is 0. The molecule has 0 saturated carbocycles. The monoisotopic (exact) mass is 281 g/mol. The van der Waals surface area contributed by atoms with Crippen molar-refractivity contribution in [3.63, 3.8) is 0 Å². The highest BCUT2D eigenvalue weighted by atomic mass is 19.2. The summed E-state index contributed by atoms with van der Waals surface area (Å²) >= 11 is 0. The highest BCUT2D eigenvalue weighted by Gasteiger charge is 2.16. The van der Waals surface area contributed by atoms with Gasteiger partial charge in [-0.2, -0.15) is 0 Å². The standard InChI is InChI=1S/C15H14F3NO/c1-9-5-6-11(16)14(7-9)20-8-13(19)10-3-2-4-12(17)15(10)18/h2-7,13H,8,19H2,1H3. The van der Waals surface area contributed by atoms with Gasteiger partial charge in [0.25, 0.3) is 0 Å². The van der Waals surface area contributed by atoms with E-state index in [-0.39, 0.29) is 17.9 Å². The van der Waals surface area contributed by atoms with Crippen molar-refractivity contribution < 1.29 is 17.9 Å². The van der Waals surface area contributed by atoms with E-state index in [9.17, 15) is 13.2 Å². The molecule has 0 amide bonds. The van der Waals surface area contributed by atoms with E-state index in [0.717, 1.165) is 11.6 Å². The molecule has 106 valence electrons. The van der Waals surface area contributed by atoms with Gasteiger partial charge in [0, 0.05) is 5.56 Å². The Hall–Kier alpha value is -2.01. The number of rotatable bonds is 4. The average Bonchev–Trinajstić information content (AvgIpc) is 2.42. The molecule has 0 fully saturated rings. The Morgan fingerprint density at radius 2 is 1.85 bits per heavy atom. The number of ether oxygens (including phenoxy) is 1. The molecular formula is C15H14F3NO. The first-order chi connectivity index (χ1) is 9.49. The molecule has 5 heteroatoms. The summed E-state index contributed by atoms with van der Waals surface area (Å²) in [6, 6.07) is 7.26. The number of hydrogen-bond donors (Lipinski definition) is 1. The van der Waals surface area contributed by atoms with Crippen molar-refractivity contribution >= 4 is 0 Å². The minimum atomic E-state index is -1.01. The van der Waals surface area contributed by atoms with Crippen LogP contribution in [-0.2, 0) is 0 Å². The Morgan fingerprint density at radius 1 is 1.10 bits per heavy atom. The van der Waals surface area contributed by atoms with Crippen molar-refractivity contribution in [2.24, 2.45) is 5.73 Å². The summed E-state index contributed by atoms with van der Waals surface area (Å²) in [6.45, 7) is 1.64. The van der Waals surface area contributed by atoms with Crippen LogP contribution in [0.15, 0.2) is 36.4 Å². The van der Waals surface area contributed by atoms with Crippen LogP contribution in [0.4, 0.5) is 13.2 Å². The second-order valence-corrected chi connectivity index (χ2v) is 4.49. The van der Waals surface area contributed by atoms with Gasteiger partial charge in [0.2, 0.25) is 0 Å². The normalized spacial score (nSPS) is 12.2. The number of halogens is 3. The summed E-state index contributed by atoms with van der Waals surface area (Å²) in [5.41, 5.74) is 6.57. The maximum atomic E-state index is 13.5. The van der Waals surface area contributed by atoms with E-state index in [1.165, 1.54) is 24.3 Å². The highest BCUT2D eigenvalue weighted by Crippen LogP contribution is 2.22. The fourth-order valence-electron chi connectivity index (χ4n) is 1.80. The van der Waals surface area contributed by atoms with Crippen LogP contribution in [0.2, 0.25) is 0 Å². The van der Waals surface area contributed by atoms with Gasteiger partial charge in [0.1, 0.15) is 6.61 Å². The largest absolute Gasteiger partial charge is 0.489 e. The Bertz CT molecular complexity index is 616. The van der Waals surface area contributed by atoms with E-state index < -0.39 is 23.5 Å². The molecule has 2 aromatic rings. The minimum Gasteiger partial charge on any atom is -0.489 e. The topological polar surface area (TPSA) is 35.2 Å². The van der Waals surface area contributed by atoms with Crippen molar-refractivity contribution in [3.8, 4) is 5.75 Å². The third-order valence-corrected chi connectivity index (χ3v) is 2.89. The zero-order valence-corrected chi connectivity index (χ0v) is 10.9. The minimum absolute atomic E-state index is 0.00180. The summed E-state index contributed by atoms with van der Waals surface area (Å²) in [6.07, 6.45) is 0. The van der Waals surface area contributed by atoms with Crippen LogP contribution in [0.1, 0.15) is 17.2 Å². The van der Waals surface area contributed by atoms with Gasteiger partial charge in [0.05, 0.1) is 6.04 Å². The SMILES string of the molecule is Cc1ccc(F)c(OCC(N)c2cccc(F)c2F)c1. The van der Waals surface area contributed by atoms with Gasteiger partial charge in [0.15, 0.2) is 23.2 Å². The smallest absolute Gasteiger partial charge is 0.165 e. The maximum Gasteiger partial charge on any atom is 0.165 e. The van der Waals surface area contributed by atoms with Gasteiger partial charge in [-0.3, -0.25) is 0 Å². The van der Waals surface area contributed by atoms with Gasteiger partial charge >= 0.3 is 0 Å². The van der Waals surface area contributed by atoms with Crippen LogP contribution in [0.25, 0.3) is 0 Å². The second-order valence-electron chi connectivity index (χ2n) is 4.49. The Labute approximate surface area is 115 Å². The third kappa shape index (κ3) is 3.11. The Balaban J connectivity index is 2.10. The molecule has 2 N–H and O–H groups in total. The summed E-state index contributed by atoms with van der Waals surface area (Å²) < 4.78 is 45.3. The van der Waals surface area contributed by atoms with Crippen LogP contribution in [-0.4, -0.2) is 6.61 Å². The number of nitrogens with two attached hydrogens (primary N) is 1. The number of benzene rings is 2. The average molecular weight is 281 g/mol. The fraction of sp³-hybridized carbons (Fsp3) is 0.200. The molecule has 0 aromatic heterocycles. The molecule has 1 atom stereocenters. The molecule has 2 nitrogen and oxygen atoms in total. The molecule has 2 aromatic carbocycles. The summed E-state index contributed by atoms with van der Waals surface area (Å²) in [7, 11) is 0. The molecule has 0 saturated heterocycles. The van der Waals surface area contributed by atoms with Gasteiger partial charge < -0.3 is 10.5 Å². The Kier molecular flexibility index (Phi) is 4.29. The van der Waals surface area contributed by atoms with E-state index in [2.05, 4.69) is 0 Å². The summed E-state index contributed by atoms with van der Waals surface area (Å²) in [5, 5.41) is 0. The van der Waals surface area contributed by atoms with Crippen molar-refractivity contribution in [1.29, 1.82) is 0 Å².